The highest BCUT2D eigenvalue weighted by Gasteiger charge is 2.14. The minimum atomic E-state index is -0.564. The van der Waals surface area contributed by atoms with Crippen molar-refractivity contribution in [3.05, 3.63) is 0 Å². The van der Waals surface area contributed by atoms with Gasteiger partial charge in [0.05, 0.1) is 13.2 Å². The van der Waals surface area contributed by atoms with E-state index in [0.717, 1.165) is 12.8 Å². The van der Waals surface area contributed by atoms with Crippen LogP contribution in [-0.2, 0) is 9.53 Å². The molecule has 0 spiro atoms. The molecule has 0 heterocycles. The number of amides is 2. The molecule has 1 rings (SSSR count). The number of nitrogens with two attached hydrogens (primary N) is 1. The maximum absolute atomic E-state index is 11.1. The topological polar surface area (TPSA) is 81.4 Å². The van der Waals surface area contributed by atoms with Crippen molar-refractivity contribution >= 4 is 12.0 Å². The summed E-state index contributed by atoms with van der Waals surface area (Å²) < 4.78 is 5.03. The van der Waals surface area contributed by atoms with Crippen LogP contribution in [0.5, 0.6) is 0 Å². The Hall–Kier alpha value is -1.26. The smallest absolute Gasteiger partial charge is 0.407 e. The summed E-state index contributed by atoms with van der Waals surface area (Å²) in [6.45, 7) is 0.286. The first kappa shape index (κ1) is 12.8. The van der Waals surface area contributed by atoms with Crippen molar-refractivity contribution in [2.45, 2.75) is 38.5 Å². The molecule has 0 aromatic heterocycles. The van der Waals surface area contributed by atoms with Crippen molar-refractivity contribution in [3.8, 4) is 0 Å². The van der Waals surface area contributed by atoms with Crippen molar-refractivity contribution in [1.82, 2.24) is 5.32 Å². The number of carbonyl (C=O) groups is 2. The normalized spacial score (nSPS) is 17.5. The van der Waals surface area contributed by atoms with Crippen LogP contribution in [0.3, 0.4) is 0 Å². The van der Waals surface area contributed by atoms with Gasteiger partial charge in [0.15, 0.2) is 0 Å². The predicted octanol–water partition coefficient (Wildman–Crippen LogP) is 1.17. The third-order valence-electron chi connectivity index (χ3n) is 2.83. The maximum atomic E-state index is 11.1. The fraction of sp³-hybridized carbons (Fsp3) is 0.818. The maximum Gasteiger partial charge on any atom is 0.407 e. The molecule has 3 N–H and O–H groups in total. The molecule has 1 saturated carbocycles. The number of alkyl carbamates (subject to hydrolysis) is 1. The Morgan fingerprint density at radius 2 is 1.81 bits per heavy atom. The number of hydrogen-bond acceptors (Lipinski definition) is 3. The van der Waals surface area contributed by atoms with Crippen LogP contribution < -0.4 is 11.1 Å². The van der Waals surface area contributed by atoms with Crippen molar-refractivity contribution < 1.29 is 14.3 Å². The van der Waals surface area contributed by atoms with E-state index in [1.54, 1.807) is 0 Å². The molecule has 0 radical (unpaired) electrons. The van der Waals surface area contributed by atoms with Gasteiger partial charge in [-0.1, -0.05) is 25.7 Å². The van der Waals surface area contributed by atoms with Gasteiger partial charge in [0.1, 0.15) is 0 Å². The Labute approximate surface area is 95.7 Å². The molecule has 1 aliphatic carbocycles. The molecule has 0 saturated heterocycles. The Morgan fingerprint density at radius 3 is 2.38 bits per heavy atom. The van der Waals surface area contributed by atoms with Gasteiger partial charge in [-0.2, -0.15) is 0 Å². The zero-order chi connectivity index (χ0) is 11.8. The number of hydrogen-bond donors (Lipinski definition) is 2. The molecule has 16 heavy (non-hydrogen) atoms. The minimum absolute atomic E-state index is 0.163. The zero-order valence-corrected chi connectivity index (χ0v) is 9.54. The van der Waals surface area contributed by atoms with Gasteiger partial charge < -0.3 is 15.8 Å². The van der Waals surface area contributed by atoms with E-state index in [1.807, 2.05) is 0 Å². The van der Waals surface area contributed by atoms with Crippen LogP contribution in [0.15, 0.2) is 0 Å². The largest absolute Gasteiger partial charge is 0.449 e. The average Bonchev–Trinajstić information content (AvgIpc) is 2.51. The van der Waals surface area contributed by atoms with Gasteiger partial charge in [-0.3, -0.25) is 4.79 Å². The van der Waals surface area contributed by atoms with Gasteiger partial charge in [0.25, 0.3) is 0 Å². The van der Waals surface area contributed by atoms with E-state index < -0.39 is 12.0 Å². The Morgan fingerprint density at radius 1 is 1.19 bits per heavy atom. The van der Waals surface area contributed by atoms with Gasteiger partial charge in [-0.15, -0.1) is 0 Å². The lowest BCUT2D eigenvalue weighted by molar-refractivity contribution is -0.117. The molecule has 2 amide bonds. The van der Waals surface area contributed by atoms with Gasteiger partial charge in [0, 0.05) is 0 Å². The van der Waals surface area contributed by atoms with E-state index in [0.29, 0.717) is 12.5 Å². The number of primary amides is 1. The summed E-state index contributed by atoms with van der Waals surface area (Å²) in [5.74, 6) is -0.0896. The quantitative estimate of drug-likeness (QED) is 0.709. The summed E-state index contributed by atoms with van der Waals surface area (Å²) in [6.07, 6.45) is 6.71. The van der Waals surface area contributed by atoms with E-state index in [9.17, 15) is 9.59 Å². The lowest BCUT2D eigenvalue weighted by Gasteiger charge is -2.14. The van der Waals surface area contributed by atoms with Crippen LogP contribution in [-0.4, -0.2) is 25.2 Å². The molecule has 5 heteroatoms. The Balaban J connectivity index is 2.12. The molecule has 0 atom stereocenters. The van der Waals surface area contributed by atoms with E-state index in [2.05, 4.69) is 5.32 Å². The predicted molar refractivity (Wildman–Crippen MR) is 59.7 cm³/mol. The fourth-order valence-electron chi connectivity index (χ4n) is 1.93. The highest BCUT2D eigenvalue weighted by molar-refractivity contribution is 5.80. The van der Waals surface area contributed by atoms with E-state index in [-0.39, 0.29) is 6.54 Å². The lowest BCUT2D eigenvalue weighted by Crippen LogP contribution is -2.34. The van der Waals surface area contributed by atoms with Gasteiger partial charge in [0.2, 0.25) is 5.91 Å². The number of carbonyl (C=O) groups excluding carboxylic acids is 2. The van der Waals surface area contributed by atoms with Crippen molar-refractivity contribution in [2.24, 2.45) is 11.7 Å². The first-order valence-corrected chi connectivity index (χ1v) is 5.87. The fourth-order valence-corrected chi connectivity index (χ4v) is 1.93. The third-order valence-corrected chi connectivity index (χ3v) is 2.83. The molecule has 1 aliphatic rings. The SMILES string of the molecule is NC(=O)CNC(=O)OCC1CCCCCC1. The molecule has 0 aliphatic heterocycles. The van der Waals surface area contributed by atoms with Gasteiger partial charge in [-0.25, -0.2) is 4.79 Å². The highest BCUT2D eigenvalue weighted by atomic mass is 16.5. The Bertz CT molecular complexity index is 235. The molecule has 1 fully saturated rings. The number of ether oxygens (including phenoxy) is 1. The summed E-state index contributed by atoms with van der Waals surface area (Å²) in [7, 11) is 0. The molecule has 0 aromatic rings. The molecular formula is C11H20N2O3. The summed E-state index contributed by atoms with van der Waals surface area (Å²) in [6, 6.07) is 0. The lowest BCUT2D eigenvalue weighted by atomic mass is 10.0. The molecule has 0 bridgehead atoms. The van der Waals surface area contributed by atoms with Crippen LogP contribution in [0, 0.1) is 5.92 Å². The van der Waals surface area contributed by atoms with E-state index >= 15 is 0 Å². The monoisotopic (exact) mass is 228 g/mol. The second kappa shape index (κ2) is 7.09. The summed E-state index contributed by atoms with van der Waals surface area (Å²) >= 11 is 0. The third kappa shape index (κ3) is 5.58. The average molecular weight is 228 g/mol. The molecular weight excluding hydrogens is 208 g/mol. The first-order chi connectivity index (χ1) is 7.68. The molecule has 0 unspecified atom stereocenters. The second-order valence-electron chi connectivity index (χ2n) is 4.28. The standard InChI is InChI=1S/C11H20N2O3/c12-10(14)7-13-11(15)16-8-9-5-3-1-2-4-6-9/h9H,1-8H2,(H2,12,14)(H,13,15). The van der Waals surface area contributed by atoms with Crippen LogP contribution in [0.4, 0.5) is 4.79 Å². The molecule has 5 nitrogen and oxygen atoms in total. The summed E-state index contributed by atoms with van der Waals surface area (Å²) in [4.78, 5) is 21.5. The van der Waals surface area contributed by atoms with Crippen molar-refractivity contribution in [3.63, 3.8) is 0 Å². The van der Waals surface area contributed by atoms with Gasteiger partial charge in [-0.05, 0) is 18.8 Å². The van der Waals surface area contributed by atoms with Crippen LogP contribution >= 0.6 is 0 Å². The number of rotatable bonds is 4. The summed E-state index contributed by atoms with van der Waals surface area (Å²) in [5.41, 5.74) is 4.89. The van der Waals surface area contributed by atoms with Gasteiger partial charge >= 0.3 is 6.09 Å². The molecule has 0 aromatic carbocycles. The minimum Gasteiger partial charge on any atom is -0.449 e. The van der Waals surface area contributed by atoms with Crippen LogP contribution in [0.1, 0.15) is 38.5 Å². The Kier molecular flexibility index (Phi) is 5.67. The molecule has 92 valence electrons. The second-order valence-corrected chi connectivity index (χ2v) is 4.28. The van der Waals surface area contributed by atoms with Crippen molar-refractivity contribution in [2.75, 3.05) is 13.2 Å². The van der Waals surface area contributed by atoms with Crippen LogP contribution in [0.25, 0.3) is 0 Å². The zero-order valence-electron chi connectivity index (χ0n) is 9.54. The van der Waals surface area contributed by atoms with Crippen molar-refractivity contribution in [1.29, 1.82) is 0 Å². The van der Waals surface area contributed by atoms with E-state index in [4.69, 9.17) is 10.5 Å². The highest BCUT2D eigenvalue weighted by Crippen LogP contribution is 2.22. The van der Waals surface area contributed by atoms with E-state index in [1.165, 1.54) is 25.7 Å². The van der Waals surface area contributed by atoms with Crippen LogP contribution in [0.2, 0.25) is 0 Å². The first-order valence-electron chi connectivity index (χ1n) is 5.87. The number of nitrogens with one attached hydrogen (secondary N) is 1. The summed E-state index contributed by atoms with van der Waals surface area (Å²) in [5, 5.41) is 2.30.